The fourth-order valence-corrected chi connectivity index (χ4v) is 5.77. The maximum Gasteiger partial charge on any atom is 0.224 e. The molecule has 1 aliphatic carbocycles. The van der Waals surface area contributed by atoms with Crippen molar-refractivity contribution in [2.45, 2.75) is 101 Å². The van der Waals surface area contributed by atoms with Gasteiger partial charge in [0.05, 0.1) is 6.10 Å². The minimum atomic E-state index is -0.131. The second-order valence-electron chi connectivity index (χ2n) is 9.47. The predicted molar refractivity (Wildman–Crippen MR) is 116 cm³/mol. The van der Waals surface area contributed by atoms with Crippen LogP contribution in [0.5, 0.6) is 0 Å². The number of nitrogens with one attached hydrogen (secondary N) is 2. The first kappa shape index (κ1) is 19.3. The van der Waals surface area contributed by atoms with E-state index in [-0.39, 0.29) is 6.10 Å². The van der Waals surface area contributed by atoms with Gasteiger partial charge < -0.3 is 20.3 Å². The summed E-state index contributed by atoms with van der Waals surface area (Å²) in [4.78, 5) is 9.64. The van der Waals surface area contributed by atoms with E-state index >= 15 is 0 Å². The van der Waals surface area contributed by atoms with Crippen LogP contribution in [0.25, 0.3) is 11.0 Å². The normalized spacial score (nSPS) is 32.0. The molecule has 2 bridgehead atoms. The monoisotopic (exact) mass is 397 g/mol. The summed E-state index contributed by atoms with van der Waals surface area (Å²) in [7, 11) is 0. The van der Waals surface area contributed by atoms with Gasteiger partial charge in [0, 0.05) is 42.5 Å². The molecule has 2 saturated heterocycles. The summed E-state index contributed by atoms with van der Waals surface area (Å²) in [6.45, 7) is 3.12. The molecular formula is C23H35N5O. The molecule has 3 aliphatic rings. The SMILES string of the molecule is CCCCNc1ncc2c([C@@H]3C[C@H]4CC[C@@H](C3)N4)cn(C3CCC(O)CC3)c2n1. The molecule has 0 radical (unpaired) electrons. The van der Waals surface area contributed by atoms with Crippen molar-refractivity contribution in [1.82, 2.24) is 19.9 Å². The molecule has 0 unspecified atom stereocenters. The lowest BCUT2D eigenvalue weighted by Crippen LogP contribution is -2.37. The van der Waals surface area contributed by atoms with E-state index in [0.717, 1.165) is 56.7 Å². The second-order valence-corrected chi connectivity index (χ2v) is 9.47. The molecule has 2 aromatic rings. The van der Waals surface area contributed by atoms with E-state index in [9.17, 15) is 5.11 Å². The van der Waals surface area contributed by atoms with Gasteiger partial charge in [-0.1, -0.05) is 13.3 Å². The number of hydrogen-bond donors (Lipinski definition) is 3. The van der Waals surface area contributed by atoms with Crippen molar-refractivity contribution in [3.05, 3.63) is 18.0 Å². The number of unbranched alkanes of at least 4 members (excludes halogenated alkanes) is 1. The summed E-state index contributed by atoms with van der Waals surface area (Å²) in [5.41, 5.74) is 2.53. The van der Waals surface area contributed by atoms with Crippen molar-refractivity contribution in [2.24, 2.45) is 0 Å². The molecule has 3 atom stereocenters. The van der Waals surface area contributed by atoms with Crippen molar-refractivity contribution in [3.63, 3.8) is 0 Å². The first-order chi connectivity index (χ1) is 14.2. The molecule has 0 aromatic carbocycles. The average Bonchev–Trinajstić information content (AvgIpc) is 3.28. The first-order valence-electron chi connectivity index (χ1n) is 11.8. The maximum absolute atomic E-state index is 9.97. The second kappa shape index (κ2) is 8.23. The third-order valence-corrected chi connectivity index (χ3v) is 7.39. The predicted octanol–water partition coefficient (Wildman–Crippen LogP) is 4.12. The van der Waals surface area contributed by atoms with E-state index in [2.05, 4.69) is 39.5 Å². The standard InChI is InChI=1S/C23H35N5O/c1-2-3-10-24-23-25-13-20-21(15-11-16-4-5-17(12-15)26-16)14-28(22(20)27-23)18-6-8-19(29)9-7-18/h13-19,26,29H,2-12H2,1H3,(H,24,25,27)/t15-,16-,17+,18?,19?. The third-order valence-electron chi connectivity index (χ3n) is 7.39. The van der Waals surface area contributed by atoms with Gasteiger partial charge in [0.1, 0.15) is 5.65 Å². The molecule has 6 nitrogen and oxygen atoms in total. The van der Waals surface area contributed by atoms with Gasteiger partial charge in [-0.2, -0.15) is 4.98 Å². The Morgan fingerprint density at radius 3 is 2.62 bits per heavy atom. The van der Waals surface area contributed by atoms with Crippen LogP contribution in [-0.2, 0) is 0 Å². The minimum absolute atomic E-state index is 0.131. The van der Waals surface area contributed by atoms with Crippen molar-refractivity contribution >= 4 is 17.0 Å². The van der Waals surface area contributed by atoms with Crippen molar-refractivity contribution < 1.29 is 5.11 Å². The van der Waals surface area contributed by atoms with Gasteiger partial charge in [-0.25, -0.2) is 4.98 Å². The Hall–Kier alpha value is -1.66. The number of aliphatic hydroxyl groups excluding tert-OH is 1. The molecular weight excluding hydrogens is 362 g/mol. The van der Waals surface area contributed by atoms with Crippen LogP contribution in [0.1, 0.15) is 88.7 Å². The van der Waals surface area contributed by atoms with Gasteiger partial charge in [0.2, 0.25) is 5.95 Å². The van der Waals surface area contributed by atoms with Crippen LogP contribution in [-0.4, -0.2) is 44.4 Å². The molecule has 29 heavy (non-hydrogen) atoms. The molecule has 5 rings (SSSR count). The van der Waals surface area contributed by atoms with E-state index in [1.54, 1.807) is 0 Å². The van der Waals surface area contributed by atoms with E-state index in [1.165, 1.54) is 36.6 Å². The molecule has 0 amide bonds. The highest BCUT2D eigenvalue weighted by molar-refractivity contribution is 5.81. The largest absolute Gasteiger partial charge is 0.393 e. The highest BCUT2D eigenvalue weighted by Gasteiger charge is 2.36. The number of anilines is 1. The van der Waals surface area contributed by atoms with Crippen LogP contribution in [0.15, 0.2) is 12.4 Å². The van der Waals surface area contributed by atoms with Gasteiger partial charge in [-0.3, -0.25) is 0 Å². The van der Waals surface area contributed by atoms with Crippen molar-refractivity contribution in [2.75, 3.05) is 11.9 Å². The molecule has 3 fully saturated rings. The number of nitrogens with zero attached hydrogens (tertiary/aromatic N) is 3. The third kappa shape index (κ3) is 3.89. The van der Waals surface area contributed by atoms with Gasteiger partial charge in [-0.15, -0.1) is 0 Å². The lowest BCUT2D eigenvalue weighted by atomic mass is 9.86. The molecule has 2 aromatic heterocycles. The quantitative estimate of drug-likeness (QED) is 0.640. The Labute approximate surface area is 173 Å². The number of hydrogen-bond acceptors (Lipinski definition) is 5. The zero-order valence-electron chi connectivity index (χ0n) is 17.6. The highest BCUT2D eigenvalue weighted by atomic mass is 16.3. The van der Waals surface area contributed by atoms with Crippen molar-refractivity contribution in [1.29, 1.82) is 0 Å². The molecule has 4 heterocycles. The molecule has 0 spiro atoms. The zero-order chi connectivity index (χ0) is 19.8. The molecule has 1 saturated carbocycles. The fourth-order valence-electron chi connectivity index (χ4n) is 5.77. The van der Waals surface area contributed by atoms with Crippen molar-refractivity contribution in [3.8, 4) is 0 Å². The first-order valence-corrected chi connectivity index (χ1v) is 11.8. The van der Waals surface area contributed by atoms with Crippen LogP contribution in [0.4, 0.5) is 5.95 Å². The summed E-state index contributed by atoms with van der Waals surface area (Å²) in [5, 5.41) is 18.4. The summed E-state index contributed by atoms with van der Waals surface area (Å²) < 4.78 is 2.42. The summed E-state index contributed by atoms with van der Waals surface area (Å²) >= 11 is 0. The molecule has 2 aliphatic heterocycles. The number of rotatable bonds is 6. The number of aliphatic hydroxyl groups is 1. The average molecular weight is 398 g/mol. The van der Waals surface area contributed by atoms with E-state index in [1.807, 2.05) is 0 Å². The lowest BCUT2D eigenvalue weighted by molar-refractivity contribution is 0.111. The number of aromatic nitrogens is 3. The summed E-state index contributed by atoms with van der Waals surface area (Å²) in [5.74, 6) is 1.35. The summed E-state index contributed by atoms with van der Waals surface area (Å²) in [6.07, 6.45) is 15.6. The number of piperidine rings is 1. The van der Waals surface area contributed by atoms with Gasteiger partial charge in [0.15, 0.2) is 0 Å². The van der Waals surface area contributed by atoms with Crippen LogP contribution in [0.2, 0.25) is 0 Å². The minimum Gasteiger partial charge on any atom is -0.393 e. The van der Waals surface area contributed by atoms with Crippen LogP contribution in [0, 0.1) is 0 Å². The Morgan fingerprint density at radius 2 is 1.90 bits per heavy atom. The van der Waals surface area contributed by atoms with Crippen LogP contribution >= 0.6 is 0 Å². The van der Waals surface area contributed by atoms with Crippen LogP contribution in [0.3, 0.4) is 0 Å². The summed E-state index contributed by atoms with van der Waals surface area (Å²) in [6, 6.07) is 1.79. The molecule has 3 N–H and O–H groups in total. The topological polar surface area (TPSA) is 75.0 Å². The van der Waals surface area contributed by atoms with Gasteiger partial charge >= 0.3 is 0 Å². The van der Waals surface area contributed by atoms with E-state index in [4.69, 9.17) is 4.98 Å². The molecule has 6 heteroatoms. The Balaban J connectivity index is 1.49. The van der Waals surface area contributed by atoms with E-state index < -0.39 is 0 Å². The van der Waals surface area contributed by atoms with Gasteiger partial charge in [0.25, 0.3) is 0 Å². The Kier molecular flexibility index (Phi) is 5.48. The highest BCUT2D eigenvalue weighted by Crippen LogP contribution is 2.42. The zero-order valence-corrected chi connectivity index (χ0v) is 17.6. The van der Waals surface area contributed by atoms with E-state index in [0.29, 0.717) is 24.0 Å². The maximum atomic E-state index is 9.97. The Morgan fingerprint density at radius 1 is 1.14 bits per heavy atom. The van der Waals surface area contributed by atoms with Gasteiger partial charge in [-0.05, 0) is 69.3 Å². The smallest absolute Gasteiger partial charge is 0.224 e. The number of fused-ring (bicyclic) bond motifs is 3. The van der Waals surface area contributed by atoms with Crippen LogP contribution < -0.4 is 10.6 Å². The lowest BCUT2D eigenvalue weighted by Gasteiger charge is -2.29. The fraction of sp³-hybridized carbons (Fsp3) is 0.739. The Bertz CT molecular complexity index is 829. The molecule has 158 valence electrons.